The summed E-state index contributed by atoms with van der Waals surface area (Å²) in [6.07, 6.45) is 0.239. The van der Waals surface area contributed by atoms with E-state index in [2.05, 4.69) is 16.0 Å². The molecule has 0 bridgehead atoms. The smallest absolute Gasteiger partial charge is 0.245 e. The summed E-state index contributed by atoms with van der Waals surface area (Å²) in [7, 11) is 3.41. The molecule has 0 spiro atoms. The van der Waals surface area contributed by atoms with Gasteiger partial charge in [0, 0.05) is 19.1 Å². The molecule has 3 amide bonds. The average molecular weight is 376 g/mol. The highest BCUT2D eigenvalue weighted by Crippen LogP contribution is 2.04. The second kappa shape index (κ2) is 12.7. The predicted molar refractivity (Wildman–Crippen MR) is 95.9 cm³/mol. The molecule has 0 fully saturated rings. The minimum Gasteiger partial charge on any atom is -0.394 e. The lowest BCUT2D eigenvalue weighted by atomic mass is 10.1. The Morgan fingerprint density at radius 2 is 1.76 bits per heavy atom. The normalized spacial score (nSPS) is 13.0. The molecule has 0 rings (SSSR count). The summed E-state index contributed by atoms with van der Waals surface area (Å²) in [6, 6.07) is -1.88. The zero-order chi connectivity index (χ0) is 19.4. The molecular formula is C15H28N4O5S. The van der Waals surface area contributed by atoms with Gasteiger partial charge < -0.3 is 26.0 Å². The van der Waals surface area contributed by atoms with Gasteiger partial charge in [-0.05, 0) is 14.1 Å². The molecule has 0 heterocycles. The first-order chi connectivity index (χ1) is 11.7. The lowest BCUT2D eigenvalue weighted by Crippen LogP contribution is -2.54. The molecule has 0 saturated carbocycles. The van der Waals surface area contributed by atoms with E-state index in [0.717, 1.165) is 0 Å². The molecule has 2 atom stereocenters. The number of aliphatic hydroxyl groups is 1. The van der Waals surface area contributed by atoms with E-state index in [1.807, 2.05) is 0 Å². The molecule has 0 aromatic rings. The summed E-state index contributed by atoms with van der Waals surface area (Å²) in [5.74, 6) is -0.776. The lowest BCUT2D eigenvalue weighted by molar-refractivity contribution is -0.132. The number of nitrogens with zero attached hydrogens (tertiary/aromatic N) is 1. The number of ketones is 1. The number of carbonyl (C=O) groups excluding carboxylic acids is 4. The Morgan fingerprint density at radius 1 is 1.12 bits per heavy atom. The van der Waals surface area contributed by atoms with Crippen LogP contribution < -0.4 is 16.0 Å². The molecule has 0 saturated heterocycles. The molecule has 0 aliphatic carbocycles. The first-order valence-corrected chi connectivity index (χ1v) is 9.06. The standard InChI is InChI=1S/C15H28N4O5S/c1-5-13(22)12(8-25-9-16-10(2)21)18-15(24)11(7-20)17-14(23)6-19(3)4/h11-12,20H,5-9H2,1-4H3,(H,16,21)(H,17,23)(H,18,24)/t11-,12-/m0/s1. The van der Waals surface area contributed by atoms with Gasteiger partial charge in [0.15, 0.2) is 5.78 Å². The number of Topliss-reactive ketones (excluding diaryl/α,β-unsaturated/α-hetero) is 1. The summed E-state index contributed by atoms with van der Waals surface area (Å²) >= 11 is 1.29. The molecule has 4 N–H and O–H groups in total. The van der Waals surface area contributed by atoms with Crippen LogP contribution in [0.1, 0.15) is 20.3 Å². The largest absolute Gasteiger partial charge is 0.394 e. The van der Waals surface area contributed by atoms with Gasteiger partial charge in [-0.15, -0.1) is 11.8 Å². The predicted octanol–water partition coefficient (Wildman–Crippen LogP) is -1.68. The summed E-state index contributed by atoms with van der Waals surface area (Å²) in [6.45, 7) is 2.58. The van der Waals surface area contributed by atoms with E-state index < -0.39 is 30.5 Å². The average Bonchev–Trinajstić information content (AvgIpc) is 2.53. The molecule has 10 heteroatoms. The molecule has 0 aliphatic heterocycles. The van der Waals surface area contributed by atoms with Crippen LogP contribution in [0.5, 0.6) is 0 Å². The fraction of sp³-hybridized carbons (Fsp3) is 0.733. The Bertz CT molecular complexity index is 473. The third-order valence-electron chi connectivity index (χ3n) is 3.06. The zero-order valence-electron chi connectivity index (χ0n) is 15.1. The minimum atomic E-state index is -1.13. The number of amides is 3. The van der Waals surface area contributed by atoms with E-state index in [1.54, 1.807) is 25.9 Å². The van der Waals surface area contributed by atoms with Crippen LogP contribution in [-0.2, 0) is 19.2 Å². The Morgan fingerprint density at radius 3 is 2.24 bits per heavy atom. The van der Waals surface area contributed by atoms with Gasteiger partial charge in [0.2, 0.25) is 17.7 Å². The van der Waals surface area contributed by atoms with Gasteiger partial charge in [-0.2, -0.15) is 0 Å². The number of aliphatic hydroxyl groups excluding tert-OH is 1. The summed E-state index contributed by atoms with van der Waals surface area (Å²) < 4.78 is 0. The maximum Gasteiger partial charge on any atom is 0.245 e. The topological polar surface area (TPSA) is 128 Å². The van der Waals surface area contributed by atoms with Gasteiger partial charge in [0.1, 0.15) is 6.04 Å². The van der Waals surface area contributed by atoms with Gasteiger partial charge in [-0.3, -0.25) is 19.2 Å². The summed E-state index contributed by atoms with van der Waals surface area (Å²) in [4.78, 5) is 48.4. The SMILES string of the molecule is CCC(=O)[C@H](CSCNC(C)=O)NC(=O)[C@H](CO)NC(=O)CN(C)C. The second-order valence-electron chi connectivity index (χ2n) is 5.67. The molecule has 144 valence electrons. The third kappa shape index (κ3) is 10.7. The van der Waals surface area contributed by atoms with Crippen molar-refractivity contribution in [1.82, 2.24) is 20.9 Å². The number of nitrogens with one attached hydrogen (secondary N) is 3. The van der Waals surface area contributed by atoms with Gasteiger partial charge in [-0.1, -0.05) is 6.92 Å². The monoisotopic (exact) mass is 376 g/mol. The zero-order valence-corrected chi connectivity index (χ0v) is 15.9. The van der Waals surface area contributed by atoms with Crippen LogP contribution >= 0.6 is 11.8 Å². The van der Waals surface area contributed by atoms with Crippen molar-refractivity contribution in [3.8, 4) is 0 Å². The van der Waals surface area contributed by atoms with E-state index in [9.17, 15) is 24.3 Å². The Kier molecular flexibility index (Phi) is 11.8. The molecule has 9 nitrogen and oxygen atoms in total. The van der Waals surface area contributed by atoms with Crippen LogP contribution in [0.2, 0.25) is 0 Å². The first-order valence-electron chi connectivity index (χ1n) is 7.91. The van der Waals surface area contributed by atoms with Crippen molar-refractivity contribution in [2.24, 2.45) is 0 Å². The minimum absolute atomic E-state index is 0.0771. The van der Waals surface area contributed by atoms with Crippen molar-refractivity contribution in [3.05, 3.63) is 0 Å². The number of hydrogen-bond donors (Lipinski definition) is 4. The van der Waals surface area contributed by atoms with E-state index >= 15 is 0 Å². The molecule has 0 aliphatic rings. The molecular weight excluding hydrogens is 348 g/mol. The van der Waals surface area contributed by atoms with E-state index in [4.69, 9.17) is 0 Å². The number of carbonyl (C=O) groups is 4. The van der Waals surface area contributed by atoms with E-state index in [0.29, 0.717) is 5.88 Å². The van der Waals surface area contributed by atoms with Crippen molar-refractivity contribution in [2.75, 3.05) is 38.9 Å². The highest BCUT2D eigenvalue weighted by atomic mass is 32.2. The molecule has 25 heavy (non-hydrogen) atoms. The Labute approximate surface area is 152 Å². The summed E-state index contributed by atoms with van der Waals surface area (Å²) in [5, 5.41) is 16.9. The maximum atomic E-state index is 12.2. The van der Waals surface area contributed by atoms with Crippen molar-refractivity contribution in [1.29, 1.82) is 0 Å². The maximum absolute atomic E-state index is 12.2. The van der Waals surface area contributed by atoms with Gasteiger partial charge in [-0.25, -0.2) is 0 Å². The van der Waals surface area contributed by atoms with Gasteiger partial charge in [0.25, 0.3) is 0 Å². The van der Waals surface area contributed by atoms with Crippen LogP contribution in [0.3, 0.4) is 0 Å². The first kappa shape index (κ1) is 23.4. The van der Waals surface area contributed by atoms with Crippen molar-refractivity contribution >= 4 is 35.3 Å². The van der Waals surface area contributed by atoms with Gasteiger partial charge >= 0.3 is 0 Å². The summed E-state index contributed by atoms with van der Waals surface area (Å²) in [5.41, 5.74) is 0. The number of hydrogen-bond acceptors (Lipinski definition) is 7. The van der Waals surface area contributed by atoms with Gasteiger partial charge in [0.05, 0.1) is 25.1 Å². The molecule has 0 radical (unpaired) electrons. The van der Waals surface area contributed by atoms with Crippen LogP contribution in [0.4, 0.5) is 0 Å². The van der Waals surface area contributed by atoms with E-state index in [-0.39, 0.29) is 30.4 Å². The van der Waals surface area contributed by atoms with Crippen molar-refractivity contribution < 1.29 is 24.3 Å². The van der Waals surface area contributed by atoms with E-state index in [1.165, 1.54) is 18.7 Å². The Balaban J connectivity index is 4.66. The Hall–Kier alpha value is -1.65. The molecule has 0 unspecified atom stereocenters. The second-order valence-corrected chi connectivity index (χ2v) is 6.70. The molecule has 0 aromatic carbocycles. The highest BCUT2D eigenvalue weighted by molar-refractivity contribution is 7.99. The third-order valence-corrected chi connectivity index (χ3v) is 3.97. The van der Waals surface area contributed by atoms with Crippen molar-refractivity contribution in [3.63, 3.8) is 0 Å². The fourth-order valence-electron chi connectivity index (χ4n) is 1.78. The highest BCUT2D eigenvalue weighted by Gasteiger charge is 2.25. The molecule has 0 aromatic heterocycles. The van der Waals surface area contributed by atoms with Crippen molar-refractivity contribution in [2.45, 2.75) is 32.4 Å². The number of rotatable bonds is 12. The van der Waals surface area contributed by atoms with Crippen LogP contribution in [0.15, 0.2) is 0 Å². The quantitative estimate of drug-likeness (QED) is 0.236. The van der Waals surface area contributed by atoms with Crippen LogP contribution in [-0.4, -0.2) is 84.5 Å². The lowest BCUT2D eigenvalue weighted by Gasteiger charge is -2.22. The number of likely N-dealkylation sites (N-methyl/N-ethyl adjacent to an activating group) is 1. The van der Waals surface area contributed by atoms with Crippen LogP contribution in [0.25, 0.3) is 0 Å². The van der Waals surface area contributed by atoms with Crippen LogP contribution in [0, 0.1) is 0 Å². The number of thioether (sulfide) groups is 1. The fourth-order valence-corrected chi connectivity index (χ4v) is 2.71.